The monoisotopic (exact) mass is 419 g/mol. The van der Waals surface area contributed by atoms with Crippen molar-refractivity contribution in [1.29, 1.82) is 0 Å². The van der Waals surface area contributed by atoms with E-state index in [2.05, 4.69) is 67.3 Å². The molecule has 3 N–H and O–H groups in total. The summed E-state index contributed by atoms with van der Waals surface area (Å²) in [5, 5.41) is 29.7. The van der Waals surface area contributed by atoms with E-state index in [0.717, 1.165) is 22.6 Å². The highest BCUT2D eigenvalue weighted by molar-refractivity contribution is 5.76. The molecule has 31 heavy (non-hydrogen) atoms. The Hall–Kier alpha value is -2.66. The number of aryl methyl sites for hydroxylation is 2. The van der Waals surface area contributed by atoms with Crippen LogP contribution in [0.1, 0.15) is 42.4 Å². The molecule has 0 heterocycles. The average molecular weight is 420 g/mol. The number of benzene rings is 3. The van der Waals surface area contributed by atoms with E-state index in [4.69, 9.17) is 0 Å². The fraction of sp³-hybridized carbons (Fsp3) is 0.333. The van der Waals surface area contributed by atoms with Gasteiger partial charge in [-0.05, 0) is 81.5 Å². The Balaban J connectivity index is 1.98. The molecule has 3 rings (SSSR count). The van der Waals surface area contributed by atoms with Gasteiger partial charge in [0.05, 0.1) is 5.60 Å². The third-order valence-electron chi connectivity index (χ3n) is 5.74. The molecule has 0 fully saturated rings. The van der Waals surface area contributed by atoms with Gasteiger partial charge in [-0.15, -0.1) is 0 Å². The lowest BCUT2D eigenvalue weighted by Crippen LogP contribution is -2.26. The van der Waals surface area contributed by atoms with Gasteiger partial charge in [0, 0.05) is 30.3 Å². The molecule has 4 nitrogen and oxygen atoms in total. The van der Waals surface area contributed by atoms with Crippen LogP contribution in [0.2, 0.25) is 0 Å². The summed E-state index contributed by atoms with van der Waals surface area (Å²) in [6.07, 6.45) is 1.95. The lowest BCUT2D eigenvalue weighted by atomic mass is 9.85. The van der Waals surface area contributed by atoms with Crippen molar-refractivity contribution in [1.82, 2.24) is 0 Å². The van der Waals surface area contributed by atoms with E-state index in [1.165, 1.54) is 11.1 Å². The molecule has 3 aromatic carbocycles. The second-order valence-electron chi connectivity index (χ2n) is 8.24. The van der Waals surface area contributed by atoms with Gasteiger partial charge in [0.25, 0.3) is 0 Å². The first-order valence-electron chi connectivity index (χ1n) is 10.9. The molecule has 3 aromatic rings. The molecule has 0 aliphatic carbocycles. The van der Waals surface area contributed by atoms with Crippen molar-refractivity contribution < 1.29 is 15.3 Å². The van der Waals surface area contributed by atoms with E-state index in [0.29, 0.717) is 25.7 Å². The summed E-state index contributed by atoms with van der Waals surface area (Å²) in [6.45, 7) is 4.23. The van der Waals surface area contributed by atoms with Gasteiger partial charge >= 0.3 is 0 Å². The maximum absolute atomic E-state index is 11.2. The number of hydrogen-bond acceptors (Lipinski definition) is 4. The van der Waals surface area contributed by atoms with Gasteiger partial charge in [0.2, 0.25) is 0 Å². The highest BCUT2D eigenvalue weighted by atomic mass is 16.3. The minimum absolute atomic E-state index is 0.0359. The molecule has 4 heteroatoms. The van der Waals surface area contributed by atoms with Crippen LogP contribution in [0.5, 0.6) is 0 Å². The van der Waals surface area contributed by atoms with Crippen LogP contribution in [0.4, 0.5) is 17.1 Å². The van der Waals surface area contributed by atoms with Crippen LogP contribution in [0.15, 0.2) is 72.8 Å². The second-order valence-corrected chi connectivity index (χ2v) is 8.24. The highest BCUT2D eigenvalue weighted by Crippen LogP contribution is 2.37. The number of rotatable bonds is 10. The molecule has 0 aliphatic rings. The molecular weight excluding hydrogens is 386 g/mol. The Labute approximate surface area is 185 Å². The van der Waals surface area contributed by atoms with Crippen LogP contribution in [-0.4, -0.2) is 28.5 Å². The summed E-state index contributed by atoms with van der Waals surface area (Å²) in [5.74, 6) is 0. The summed E-state index contributed by atoms with van der Waals surface area (Å²) in [7, 11) is 0. The molecule has 0 bridgehead atoms. The first kappa shape index (κ1) is 23.0. The largest absolute Gasteiger partial charge is 0.396 e. The molecule has 0 aromatic heterocycles. The Morgan fingerprint density at radius 2 is 0.968 bits per heavy atom. The van der Waals surface area contributed by atoms with Crippen molar-refractivity contribution in [2.75, 3.05) is 18.1 Å². The molecule has 0 saturated carbocycles. The van der Waals surface area contributed by atoms with Gasteiger partial charge in [-0.3, -0.25) is 0 Å². The van der Waals surface area contributed by atoms with Crippen molar-refractivity contribution in [3.05, 3.63) is 89.5 Å². The Kier molecular flexibility index (Phi) is 7.85. The van der Waals surface area contributed by atoms with Gasteiger partial charge in [-0.2, -0.15) is 0 Å². The van der Waals surface area contributed by atoms with Gasteiger partial charge in [0.1, 0.15) is 0 Å². The van der Waals surface area contributed by atoms with Crippen LogP contribution in [0.25, 0.3) is 0 Å². The molecule has 0 radical (unpaired) electrons. The van der Waals surface area contributed by atoms with Gasteiger partial charge in [-0.25, -0.2) is 0 Å². The Morgan fingerprint density at radius 3 is 1.32 bits per heavy atom. The third-order valence-corrected chi connectivity index (χ3v) is 5.74. The number of nitrogens with zero attached hydrogens (tertiary/aromatic N) is 1. The fourth-order valence-electron chi connectivity index (χ4n) is 3.91. The summed E-state index contributed by atoms with van der Waals surface area (Å²) >= 11 is 0. The minimum atomic E-state index is -1.05. The van der Waals surface area contributed by atoms with E-state index >= 15 is 0 Å². The zero-order valence-corrected chi connectivity index (χ0v) is 18.5. The smallest absolute Gasteiger partial charge is 0.0898 e. The zero-order chi connectivity index (χ0) is 22.3. The molecule has 0 amide bonds. The number of aliphatic hydroxyl groups excluding tert-OH is 2. The average Bonchev–Trinajstić information content (AvgIpc) is 2.79. The molecule has 0 unspecified atom stereocenters. The number of hydrogen-bond donors (Lipinski definition) is 3. The quantitative estimate of drug-likeness (QED) is 0.406. The van der Waals surface area contributed by atoms with Crippen molar-refractivity contribution in [2.45, 2.75) is 45.1 Å². The van der Waals surface area contributed by atoms with E-state index in [-0.39, 0.29) is 13.2 Å². The molecule has 0 saturated heterocycles. The molecule has 0 aliphatic heterocycles. The molecule has 0 atom stereocenters. The minimum Gasteiger partial charge on any atom is -0.396 e. The summed E-state index contributed by atoms with van der Waals surface area (Å²) in [4.78, 5) is 2.20. The SMILES string of the molecule is Cc1ccc(N(c2ccc(C)cc2)c2ccc(C(O)(CCCO)CCCO)cc2)cc1. The first-order chi connectivity index (χ1) is 15.0. The van der Waals surface area contributed by atoms with E-state index in [1.807, 2.05) is 24.3 Å². The predicted molar refractivity (Wildman–Crippen MR) is 127 cm³/mol. The van der Waals surface area contributed by atoms with Crippen molar-refractivity contribution in [2.24, 2.45) is 0 Å². The molecular formula is C27H33NO3. The lowest BCUT2D eigenvalue weighted by molar-refractivity contribution is 0.00652. The summed E-state index contributed by atoms with van der Waals surface area (Å²) in [6, 6.07) is 24.8. The highest BCUT2D eigenvalue weighted by Gasteiger charge is 2.28. The van der Waals surface area contributed by atoms with Crippen LogP contribution in [-0.2, 0) is 5.60 Å². The maximum atomic E-state index is 11.2. The Bertz CT molecular complexity index is 880. The van der Waals surface area contributed by atoms with Crippen LogP contribution in [0, 0.1) is 13.8 Å². The number of aliphatic hydroxyl groups is 3. The zero-order valence-electron chi connectivity index (χ0n) is 18.5. The van der Waals surface area contributed by atoms with Gasteiger partial charge in [0.15, 0.2) is 0 Å². The van der Waals surface area contributed by atoms with Crippen molar-refractivity contribution >= 4 is 17.1 Å². The summed E-state index contributed by atoms with van der Waals surface area (Å²) in [5.41, 5.74) is 5.31. The molecule has 0 spiro atoms. The predicted octanol–water partition coefficient (Wildman–Crippen LogP) is 5.51. The van der Waals surface area contributed by atoms with Crippen molar-refractivity contribution in [3.63, 3.8) is 0 Å². The third kappa shape index (κ3) is 5.73. The van der Waals surface area contributed by atoms with Crippen LogP contribution < -0.4 is 4.90 Å². The fourth-order valence-corrected chi connectivity index (χ4v) is 3.91. The lowest BCUT2D eigenvalue weighted by Gasteiger charge is -2.30. The Morgan fingerprint density at radius 1 is 0.613 bits per heavy atom. The van der Waals surface area contributed by atoms with E-state index < -0.39 is 5.60 Å². The topological polar surface area (TPSA) is 63.9 Å². The van der Waals surface area contributed by atoms with E-state index in [1.54, 1.807) is 0 Å². The number of anilines is 3. The second kappa shape index (κ2) is 10.6. The van der Waals surface area contributed by atoms with Crippen molar-refractivity contribution in [3.8, 4) is 0 Å². The standard InChI is InChI=1S/C27H33NO3/c1-21-5-11-24(12-6-21)28(25-13-7-22(2)8-14-25)26-15-9-23(10-16-26)27(31,17-3-19-29)18-4-20-30/h5-16,29-31H,3-4,17-20H2,1-2H3. The van der Waals surface area contributed by atoms with Gasteiger partial charge < -0.3 is 20.2 Å². The first-order valence-corrected chi connectivity index (χ1v) is 10.9. The molecule has 164 valence electrons. The van der Waals surface area contributed by atoms with Crippen LogP contribution in [0.3, 0.4) is 0 Å². The summed E-state index contributed by atoms with van der Waals surface area (Å²) < 4.78 is 0. The maximum Gasteiger partial charge on any atom is 0.0898 e. The van der Waals surface area contributed by atoms with Crippen LogP contribution >= 0.6 is 0 Å². The van der Waals surface area contributed by atoms with E-state index in [9.17, 15) is 15.3 Å². The van der Waals surface area contributed by atoms with Gasteiger partial charge in [-0.1, -0.05) is 47.5 Å². The normalized spacial score (nSPS) is 11.5.